The van der Waals surface area contributed by atoms with Crippen LogP contribution >= 0.6 is 23.2 Å². The number of piperidine rings is 1. The largest absolute Gasteiger partial charge is 0.337 e. The van der Waals surface area contributed by atoms with Gasteiger partial charge in [0.15, 0.2) is 5.65 Å². The number of benzene rings is 1. The highest BCUT2D eigenvalue weighted by atomic mass is 35.5. The summed E-state index contributed by atoms with van der Waals surface area (Å²) >= 11 is 13.1. The van der Waals surface area contributed by atoms with Crippen LogP contribution in [0.2, 0.25) is 10.2 Å². The lowest BCUT2D eigenvalue weighted by Gasteiger charge is -2.29. The van der Waals surface area contributed by atoms with Gasteiger partial charge in [-0.25, -0.2) is 0 Å². The molecule has 160 valence electrons. The number of fused-ring (bicyclic) bond motifs is 4. The second-order valence-corrected chi connectivity index (χ2v) is 9.18. The van der Waals surface area contributed by atoms with E-state index in [0.717, 1.165) is 19.4 Å². The number of nitrogens with zero attached hydrogens (tertiary/aromatic N) is 6. The SMILES string of the molecule is Cn1nc2ccc(-c3[nH]nc4nc(N5C[C@H]6CC[C@@H]5[C@@H]6N)n(C)c(=O)c34)c(Cl)c2c1Cl. The molecule has 31 heavy (non-hydrogen) atoms. The molecule has 0 radical (unpaired) electrons. The van der Waals surface area contributed by atoms with Crippen molar-refractivity contribution in [3.8, 4) is 11.3 Å². The molecule has 11 heteroatoms. The number of aromatic amines is 1. The number of rotatable bonds is 2. The Bertz CT molecular complexity index is 1440. The van der Waals surface area contributed by atoms with Gasteiger partial charge in [-0.3, -0.25) is 19.1 Å². The molecule has 2 fully saturated rings. The monoisotopic (exact) mass is 458 g/mol. The Morgan fingerprint density at radius 3 is 2.71 bits per heavy atom. The van der Waals surface area contributed by atoms with Crippen molar-refractivity contribution in [1.29, 1.82) is 0 Å². The van der Waals surface area contributed by atoms with Crippen LogP contribution < -0.4 is 16.2 Å². The first-order valence-corrected chi connectivity index (χ1v) is 10.9. The maximum Gasteiger partial charge on any atom is 0.266 e. The Labute approximate surface area is 186 Å². The number of anilines is 1. The highest BCUT2D eigenvalue weighted by Crippen LogP contribution is 2.40. The highest BCUT2D eigenvalue weighted by molar-refractivity contribution is 6.43. The fourth-order valence-corrected chi connectivity index (χ4v) is 5.80. The summed E-state index contributed by atoms with van der Waals surface area (Å²) in [4.78, 5) is 20.3. The summed E-state index contributed by atoms with van der Waals surface area (Å²) in [5.41, 5.74) is 8.35. The topological polar surface area (TPSA) is 111 Å². The summed E-state index contributed by atoms with van der Waals surface area (Å²) < 4.78 is 3.15. The van der Waals surface area contributed by atoms with Crippen LogP contribution in [0.1, 0.15) is 12.8 Å². The van der Waals surface area contributed by atoms with Gasteiger partial charge >= 0.3 is 0 Å². The molecule has 3 atom stereocenters. The van der Waals surface area contributed by atoms with Crippen molar-refractivity contribution in [3.63, 3.8) is 0 Å². The van der Waals surface area contributed by atoms with Crippen LogP contribution in [0.25, 0.3) is 33.2 Å². The number of aromatic nitrogens is 6. The molecule has 1 aliphatic carbocycles. The Balaban J connectivity index is 1.54. The molecular weight excluding hydrogens is 439 g/mol. The zero-order valence-electron chi connectivity index (χ0n) is 16.9. The number of nitrogens with two attached hydrogens (primary N) is 1. The molecule has 2 bridgehead atoms. The minimum atomic E-state index is -0.187. The van der Waals surface area contributed by atoms with Gasteiger partial charge in [0.25, 0.3) is 5.56 Å². The molecule has 0 spiro atoms. The van der Waals surface area contributed by atoms with Gasteiger partial charge in [0.05, 0.1) is 21.6 Å². The molecule has 1 aliphatic heterocycles. The molecular formula is C20H20Cl2N8O. The average molecular weight is 459 g/mol. The minimum Gasteiger partial charge on any atom is -0.337 e. The standard InChI is InChI=1S/C20H20Cl2N8O/c1-28-19(31)13-16(9-4-5-10-12(14(9)21)17(22)29(2)27-10)25-26-18(13)24-20(28)30-7-8-3-6-11(30)15(8)23/h4-5,8,11,15H,3,6-7,23H2,1-2H3,(H,25,26)/t8-,11-,15-/m1/s1. The van der Waals surface area contributed by atoms with Crippen LogP contribution in [-0.4, -0.2) is 48.2 Å². The van der Waals surface area contributed by atoms with Crippen LogP contribution in [0.3, 0.4) is 0 Å². The van der Waals surface area contributed by atoms with Crippen molar-refractivity contribution >= 4 is 51.1 Å². The first kappa shape index (κ1) is 19.1. The van der Waals surface area contributed by atoms with Gasteiger partial charge in [-0.1, -0.05) is 23.2 Å². The van der Waals surface area contributed by atoms with Crippen LogP contribution in [0, 0.1) is 5.92 Å². The van der Waals surface area contributed by atoms with Gasteiger partial charge in [-0.2, -0.15) is 15.2 Å². The zero-order chi connectivity index (χ0) is 21.6. The maximum absolute atomic E-state index is 13.4. The second-order valence-electron chi connectivity index (χ2n) is 8.44. The van der Waals surface area contributed by atoms with E-state index in [0.29, 0.717) is 55.2 Å². The number of H-pyrrole nitrogens is 1. The molecule has 9 nitrogen and oxygen atoms in total. The number of hydrogen-bond acceptors (Lipinski definition) is 6. The van der Waals surface area contributed by atoms with Gasteiger partial charge in [0, 0.05) is 38.3 Å². The van der Waals surface area contributed by atoms with Gasteiger partial charge in [-0.15, -0.1) is 0 Å². The fourth-order valence-electron chi connectivity index (χ4n) is 5.18. The lowest BCUT2D eigenvalue weighted by Crippen LogP contribution is -2.40. The van der Waals surface area contributed by atoms with Gasteiger partial charge < -0.3 is 10.6 Å². The van der Waals surface area contributed by atoms with Gasteiger partial charge in [0.2, 0.25) is 5.95 Å². The third-order valence-electron chi connectivity index (χ3n) is 6.82. The molecule has 4 aromatic rings. The normalized spacial score (nSPS) is 23.0. The quantitative estimate of drug-likeness (QED) is 0.477. The number of nitrogens with one attached hydrogen (secondary N) is 1. The van der Waals surface area contributed by atoms with E-state index in [4.69, 9.17) is 33.9 Å². The number of aryl methyl sites for hydroxylation is 1. The molecule has 1 aromatic carbocycles. The van der Waals surface area contributed by atoms with Crippen molar-refractivity contribution in [2.45, 2.75) is 24.9 Å². The fraction of sp³-hybridized carbons (Fsp3) is 0.400. The summed E-state index contributed by atoms with van der Waals surface area (Å²) in [6.07, 6.45) is 2.15. The zero-order valence-corrected chi connectivity index (χ0v) is 18.4. The first-order valence-electron chi connectivity index (χ1n) is 10.1. The van der Waals surface area contributed by atoms with E-state index in [-0.39, 0.29) is 17.6 Å². The van der Waals surface area contributed by atoms with Crippen LogP contribution in [0.15, 0.2) is 16.9 Å². The third kappa shape index (κ3) is 2.48. The molecule has 3 aromatic heterocycles. The van der Waals surface area contributed by atoms with Crippen molar-refractivity contribution in [2.24, 2.45) is 25.7 Å². The number of hydrogen-bond donors (Lipinski definition) is 2. The van der Waals surface area contributed by atoms with Crippen LogP contribution in [0.5, 0.6) is 0 Å². The smallest absolute Gasteiger partial charge is 0.266 e. The van der Waals surface area contributed by atoms with Crippen molar-refractivity contribution in [3.05, 3.63) is 32.7 Å². The van der Waals surface area contributed by atoms with Crippen molar-refractivity contribution in [1.82, 2.24) is 29.5 Å². The summed E-state index contributed by atoms with van der Waals surface area (Å²) in [7, 11) is 3.49. The Morgan fingerprint density at radius 1 is 1.19 bits per heavy atom. The van der Waals surface area contributed by atoms with E-state index in [2.05, 4.69) is 20.2 Å². The molecule has 0 amide bonds. The van der Waals surface area contributed by atoms with Crippen LogP contribution in [-0.2, 0) is 14.1 Å². The van der Waals surface area contributed by atoms with Gasteiger partial charge in [0.1, 0.15) is 10.5 Å². The molecule has 4 heterocycles. The Kier molecular flexibility index (Phi) is 3.97. The molecule has 2 aliphatic rings. The van der Waals surface area contributed by atoms with E-state index in [1.165, 1.54) is 0 Å². The van der Waals surface area contributed by atoms with Crippen molar-refractivity contribution < 1.29 is 0 Å². The summed E-state index contributed by atoms with van der Waals surface area (Å²) in [5, 5.41) is 13.5. The van der Waals surface area contributed by atoms with E-state index in [1.54, 1.807) is 23.3 Å². The van der Waals surface area contributed by atoms with Gasteiger partial charge in [-0.05, 0) is 30.9 Å². The Hall–Kier alpha value is -2.62. The molecule has 0 unspecified atom stereocenters. The highest BCUT2D eigenvalue weighted by Gasteiger charge is 2.46. The second kappa shape index (κ2) is 6.44. The first-order chi connectivity index (χ1) is 14.9. The minimum absolute atomic E-state index is 0.122. The van der Waals surface area contributed by atoms with E-state index in [1.807, 2.05) is 12.1 Å². The number of halogens is 2. The Morgan fingerprint density at radius 2 is 2.00 bits per heavy atom. The molecule has 3 N–H and O–H groups in total. The predicted molar refractivity (Wildman–Crippen MR) is 121 cm³/mol. The third-order valence-corrected chi connectivity index (χ3v) is 7.65. The lowest BCUT2D eigenvalue weighted by molar-refractivity contribution is 0.530. The average Bonchev–Trinajstić information content (AvgIpc) is 3.48. The van der Waals surface area contributed by atoms with Crippen LogP contribution in [0.4, 0.5) is 5.95 Å². The van der Waals surface area contributed by atoms with Crippen molar-refractivity contribution in [2.75, 3.05) is 11.4 Å². The van der Waals surface area contributed by atoms with E-state index >= 15 is 0 Å². The molecule has 1 saturated heterocycles. The lowest BCUT2D eigenvalue weighted by atomic mass is 10.1. The van der Waals surface area contributed by atoms with E-state index in [9.17, 15) is 4.79 Å². The summed E-state index contributed by atoms with van der Waals surface area (Å²) in [6, 6.07) is 3.97. The maximum atomic E-state index is 13.4. The van der Waals surface area contributed by atoms with E-state index < -0.39 is 0 Å². The summed E-state index contributed by atoms with van der Waals surface area (Å²) in [6.45, 7) is 0.816. The predicted octanol–water partition coefficient (Wildman–Crippen LogP) is 2.44. The summed E-state index contributed by atoms with van der Waals surface area (Å²) in [5.74, 6) is 1.05. The molecule has 1 saturated carbocycles. The molecule has 6 rings (SSSR count).